The minimum Gasteiger partial charge on any atom is -0.459 e. The fourth-order valence-electron chi connectivity index (χ4n) is 3.02. The van der Waals surface area contributed by atoms with Crippen LogP contribution in [0.1, 0.15) is 103 Å². The highest BCUT2D eigenvalue weighted by Crippen LogP contribution is 2.17. The van der Waals surface area contributed by atoms with Gasteiger partial charge in [-0.15, -0.1) is 0 Å². The zero-order valence-electron chi connectivity index (χ0n) is 16.5. The van der Waals surface area contributed by atoms with E-state index in [2.05, 4.69) is 18.4 Å². The molecule has 152 valence electrons. The van der Waals surface area contributed by atoms with Gasteiger partial charge in [0.15, 0.2) is 0 Å². The predicted octanol–water partition coefficient (Wildman–Crippen LogP) is 5.97. The van der Waals surface area contributed by atoms with E-state index in [1.165, 1.54) is 44.6 Å². The molecule has 0 heterocycles. The fraction of sp³-hybridized carbons (Fsp3) is 0.810. The van der Waals surface area contributed by atoms with Gasteiger partial charge in [0.25, 0.3) is 0 Å². The Kier molecular flexibility index (Phi) is 17.5. The van der Waals surface area contributed by atoms with Crippen molar-refractivity contribution >= 4 is 11.9 Å². The third-order valence-corrected chi connectivity index (χ3v) is 4.59. The number of rotatable bonds is 18. The Morgan fingerprint density at radius 2 is 1.38 bits per heavy atom. The number of unbranched alkanes of at least 4 members (excludes halogenated alkanes) is 10. The predicted molar refractivity (Wildman–Crippen MR) is 104 cm³/mol. The van der Waals surface area contributed by atoms with Crippen molar-refractivity contribution in [3.05, 3.63) is 12.7 Å². The largest absolute Gasteiger partial charge is 0.459 e. The van der Waals surface area contributed by atoms with E-state index in [1.54, 1.807) is 0 Å². The molecule has 26 heavy (non-hydrogen) atoms. The monoisotopic (exact) mass is 370 g/mol. The van der Waals surface area contributed by atoms with Crippen LogP contribution < -0.4 is 0 Å². The van der Waals surface area contributed by atoms with Crippen molar-refractivity contribution in [2.24, 2.45) is 0 Å². The normalized spacial score (nSPS) is 11.8. The Morgan fingerprint density at radius 1 is 0.885 bits per heavy atom. The summed E-state index contributed by atoms with van der Waals surface area (Å²) in [6.45, 7) is 5.70. The first kappa shape index (κ1) is 24.6. The van der Waals surface area contributed by atoms with Crippen LogP contribution in [0.15, 0.2) is 12.7 Å². The quantitative estimate of drug-likeness (QED) is 0.106. The maximum absolute atomic E-state index is 11.5. The zero-order valence-corrected chi connectivity index (χ0v) is 16.5. The van der Waals surface area contributed by atoms with E-state index in [0.717, 1.165) is 51.4 Å². The van der Waals surface area contributed by atoms with Gasteiger partial charge in [0.05, 0.1) is 0 Å². The first-order valence-corrected chi connectivity index (χ1v) is 10.3. The molecule has 0 amide bonds. The second kappa shape index (κ2) is 18.4. The van der Waals surface area contributed by atoms with Gasteiger partial charge < -0.3 is 9.62 Å². The van der Waals surface area contributed by atoms with E-state index in [1.807, 2.05) is 0 Å². The van der Waals surface area contributed by atoms with Crippen molar-refractivity contribution in [2.75, 3.05) is 0 Å². The molecule has 0 saturated carbocycles. The molecule has 1 atom stereocenters. The lowest BCUT2D eigenvalue weighted by molar-refractivity contribution is -0.234. The van der Waals surface area contributed by atoms with Gasteiger partial charge in [-0.05, 0) is 32.1 Å². The summed E-state index contributed by atoms with van der Waals surface area (Å²) in [7, 11) is 0. The zero-order chi connectivity index (χ0) is 19.5. The number of carbonyl (C=O) groups excluding carboxylic acids is 2. The van der Waals surface area contributed by atoms with Crippen LogP contribution in [0.5, 0.6) is 0 Å². The van der Waals surface area contributed by atoms with Crippen molar-refractivity contribution in [2.45, 2.75) is 109 Å². The average Bonchev–Trinajstić information content (AvgIpc) is 2.65. The number of hydrogen-bond acceptors (Lipinski definition) is 5. The first-order valence-electron chi connectivity index (χ1n) is 10.3. The summed E-state index contributed by atoms with van der Waals surface area (Å²) in [5.41, 5.74) is 0. The van der Waals surface area contributed by atoms with Crippen molar-refractivity contribution in [3.63, 3.8) is 0 Å². The van der Waals surface area contributed by atoms with E-state index in [0.29, 0.717) is 0 Å². The SMILES string of the molecule is C=CC(=O)OC(CCCCCCCCC)CCCCCCCC(=O)OO. The Labute approximate surface area is 159 Å². The molecule has 1 N–H and O–H groups in total. The van der Waals surface area contributed by atoms with E-state index in [9.17, 15) is 9.59 Å². The van der Waals surface area contributed by atoms with Gasteiger partial charge in [-0.1, -0.05) is 71.3 Å². The lowest BCUT2D eigenvalue weighted by atomic mass is 10.0. The first-order chi connectivity index (χ1) is 12.6. The molecule has 1 unspecified atom stereocenters. The van der Waals surface area contributed by atoms with Gasteiger partial charge in [0.1, 0.15) is 6.10 Å². The maximum Gasteiger partial charge on any atom is 0.342 e. The molecule has 0 aromatic heterocycles. The minimum atomic E-state index is -0.573. The summed E-state index contributed by atoms with van der Waals surface area (Å²) < 4.78 is 5.47. The van der Waals surface area contributed by atoms with Crippen LogP contribution in [0.3, 0.4) is 0 Å². The Hall–Kier alpha value is -1.36. The molecule has 0 aliphatic heterocycles. The van der Waals surface area contributed by atoms with Gasteiger partial charge in [0, 0.05) is 12.5 Å². The highest BCUT2D eigenvalue weighted by Gasteiger charge is 2.12. The minimum absolute atomic E-state index is 0.0134. The van der Waals surface area contributed by atoms with Crippen LogP contribution in [-0.4, -0.2) is 23.3 Å². The van der Waals surface area contributed by atoms with Crippen LogP contribution in [0.2, 0.25) is 0 Å². The molecule has 0 aliphatic rings. The lowest BCUT2D eigenvalue weighted by Crippen LogP contribution is -2.17. The molecule has 0 bridgehead atoms. The van der Waals surface area contributed by atoms with Crippen LogP contribution in [0.25, 0.3) is 0 Å². The molecule has 0 radical (unpaired) electrons. The van der Waals surface area contributed by atoms with E-state index >= 15 is 0 Å². The molecule has 0 rings (SSSR count). The summed E-state index contributed by atoms with van der Waals surface area (Å²) in [4.78, 5) is 25.9. The third kappa shape index (κ3) is 16.1. The summed E-state index contributed by atoms with van der Waals surface area (Å²) >= 11 is 0. The standard InChI is InChI=1S/C21H38O5/c1-3-5-6-7-8-10-13-16-19(25-20(22)4-2)17-14-11-9-12-15-18-21(23)26-24/h4,19,24H,2-3,5-18H2,1H3. The second-order valence-corrected chi connectivity index (χ2v) is 6.94. The molecule has 0 spiro atoms. The molecule has 0 saturated heterocycles. The Bertz CT molecular complexity index is 367. The van der Waals surface area contributed by atoms with Crippen molar-refractivity contribution in [1.82, 2.24) is 0 Å². The van der Waals surface area contributed by atoms with Gasteiger partial charge in [0.2, 0.25) is 0 Å². The maximum atomic E-state index is 11.5. The summed E-state index contributed by atoms with van der Waals surface area (Å²) in [6, 6.07) is 0. The topological polar surface area (TPSA) is 72.8 Å². The molecular weight excluding hydrogens is 332 g/mol. The molecule has 0 aliphatic carbocycles. The lowest BCUT2D eigenvalue weighted by Gasteiger charge is -2.17. The van der Waals surface area contributed by atoms with E-state index < -0.39 is 5.97 Å². The summed E-state index contributed by atoms with van der Waals surface area (Å²) in [5.74, 6) is -0.906. The number of carbonyl (C=O) groups is 2. The third-order valence-electron chi connectivity index (χ3n) is 4.59. The highest BCUT2D eigenvalue weighted by molar-refractivity contribution is 5.81. The van der Waals surface area contributed by atoms with E-state index in [4.69, 9.17) is 9.99 Å². The van der Waals surface area contributed by atoms with Gasteiger partial charge in [-0.3, -0.25) is 0 Å². The van der Waals surface area contributed by atoms with Gasteiger partial charge >= 0.3 is 11.9 Å². The Morgan fingerprint density at radius 3 is 1.88 bits per heavy atom. The fourth-order valence-corrected chi connectivity index (χ4v) is 3.02. The van der Waals surface area contributed by atoms with E-state index in [-0.39, 0.29) is 18.5 Å². The second-order valence-electron chi connectivity index (χ2n) is 6.94. The molecular formula is C21H38O5. The average molecular weight is 371 g/mol. The smallest absolute Gasteiger partial charge is 0.342 e. The van der Waals surface area contributed by atoms with Gasteiger partial charge in [-0.2, -0.15) is 5.26 Å². The van der Waals surface area contributed by atoms with Crippen LogP contribution in [-0.2, 0) is 19.2 Å². The van der Waals surface area contributed by atoms with Crippen LogP contribution in [0, 0.1) is 0 Å². The number of ether oxygens (including phenoxy) is 1. The number of esters is 1. The molecule has 0 aromatic carbocycles. The van der Waals surface area contributed by atoms with Crippen LogP contribution in [0.4, 0.5) is 0 Å². The molecule has 0 fully saturated rings. The van der Waals surface area contributed by atoms with Gasteiger partial charge in [-0.25, -0.2) is 9.59 Å². The van der Waals surface area contributed by atoms with Crippen molar-refractivity contribution in [3.8, 4) is 0 Å². The summed E-state index contributed by atoms with van der Waals surface area (Å²) in [6.07, 6.45) is 16.8. The summed E-state index contributed by atoms with van der Waals surface area (Å²) in [5, 5.41) is 8.17. The van der Waals surface area contributed by atoms with Crippen molar-refractivity contribution < 1.29 is 24.5 Å². The molecule has 0 aromatic rings. The number of hydrogen-bond donors (Lipinski definition) is 1. The molecule has 5 nitrogen and oxygen atoms in total. The molecule has 5 heteroatoms. The highest BCUT2D eigenvalue weighted by atomic mass is 17.1. The Balaban J connectivity index is 3.81. The van der Waals surface area contributed by atoms with Crippen molar-refractivity contribution in [1.29, 1.82) is 0 Å². The van der Waals surface area contributed by atoms with Crippen LogP contribution >= 0.6 is 0 Å².